The number of ether oxygens (including phenoxy) is 1. The molecule has 128 valence electrons. The van der Waals surface area contributed by atoms with Gasteiger partial charge < -0.3 is 15.0 Å². The number of para-hydroxylation sites is 1. The van der Waals surface area contributed by atoms with Crippen molar-refractivity contribution in [3.8, 4) is 0 Å². The van der Waals surface area contributed by atoms with E-state index in [0.717, 1.165) is 48.3 Å². The van der Waals surface area contributed by atoms with Crippen LogP contribution in [0.4, 0.5) is 5.82 Å². The number of anilines is 1. The number of carbonyl (C=O) groups excluding carboxylic acids is 1. The lowest BCUT2D eigenvalue weighted by molar-refractivity contribution is -0.122. The van der Waals surface area contributed by atoms with E-state index >= 15 is 0 Å². The summed E-state index contributed by atoms with van der Waals surface area (Å²) in [4.78, 5) is 18.9. The summed E-state index contributed by atoms with van der Waals surface area (Å²) in [6.45, 7) is 2.09. The molecule has 0 aliphatic carbocycles. The van der Waals surface area contributed by atoms with E-state index in [9.17, 15) is 4.79 Å². The zero-order valence-electron chi connectivity index (χ0n) is 14.4. The number of amides is 1. The van der Waals surface area contributed by atoms with Gasteiger partial charge in [0.15, 0.2) is 0 Å². The third-order valence-electron chi connectivity index (χ3n) is 4.54. The van der Waals surface area contributed by atoms with Gasteiger partial charge in [0.2, 0.25) is 5.91 Å². The molecular weight excluding hydrogens is 302 g/mol. The molecule has 1 saturated heterocycles. The monoisotopic (exact) mass is 327 g/mol. The van der Waals surface area contributed by atoms with Crippen LogP contribution in [0.15, 0.2) is 30.3 Å². The number of fused-ring (bicyclic) bond motifs is 1. The summed E-state index contributed by atoms with van der Waals surface area (Å²) in [6.07, 6.45) is 2.56. The molecule has 24 heavy (non-hydrogen) atoms. The number of hydrogen-bond acceptors (Lipinski definition) is 4. The predicted octanol–water partition coefficient (Wildman–Crippen LogP) is 2.73. The van der Waals surface area contributed by atoms with Gasteiger partial charge in [-0.05, 0) is 36.5 Å². The molecule has 3 rings (SSSR count). The minimum Gasteiger partial charge on any atom is -0.381 e. The molecule has 0 spiro atoms. The Bertz CT molecular complexity index is 709. The topological polar surface area (TPSA) is 54.5 Å². The molecule has 0 unspecified atom stereocenters. The van der Waals surface area contributed by atoms with E-state index in [1.54, 1.807) is 0 Å². The van der Waals surface area contributed by atoms with Gasteiger partial charge in [-0.1, -0.05) is 18.2 Å². The summed E-state index contributed by atoms with van der Waals surface area (Å²) in [5, 5.41) is 4.17. The molecule has 1 aliphatic heterocycles. The lowest BCUT2D eigenvalue weighted by atomic mass is 9.96. The molecule has 0 atom stereocenters. The number of rotatable bonds is 5. The van der Waals surface area contributed by atoms with Gasteiger partial charge in [0.25, 0.3) is 0 Å². The van der Waals surface area contributed by atoms with Crippen molar-refractivity contribution in [1.29, 1.82) is 0 Å². The van der Waals surface area contributed by atoms with Crippen molar-refractivity contribution < 1.29 is 9.53 Å². The van der Waals surface area contributed by atoms with E-state index < -0.39 is 0 Å². The molecule has 0 saturated carbocycles. The first-order valence-electron chi connectivity index (χ1n) is 8.54. The summed E-state index contributed by atoms with van der Waals surface area (Å²) >= 11 is 0. The molecule has 1 fully saturated rings. The first-order valence-corrected chi connectivity index (χ1v) is 8.54. The fourth-order valence-electron chi connectivity index (χ4n) is 3.09. The van der Waals surface area contributed by atoms with Gasteiger partial charge in [-0.3, -0.25) is 4.79 Å². The van der Waals surface area contributed by atoms with Crippen LogP contribution in [0.2, 0.25) is 0 Å². The Hall–Kier alpha value is -2.14. The van der Waals surface area contributed by atoms with E-state index in [1.165, 1.54) is 0 Å². The van der Waals surface area contributed by atoms with Gasteiger partial charge in [0, 0.05) is 45.7 Å². The highest BCUT2D eigenvalue weighted by atomic mass is 16.5. The largest absolute Gasteiger partial charge is 0.381 e. The summed E-state index contributed by atoms with van der Waals surface area (Å²) < 4.78 is 5.35. The molecule has 1 amide bonds. The molecule has 0 bridgehead atoms. The average Bonchev–Trinajstić information content (AvgIpc) is 2.60. The highest BCUT2D eigenvalue weighted by Crippen LogP contribution is 2.22. The van der Waals surface area contributed by atoms with Gasteiger partial charge in [-0.25, -0.2) is 4.98 Å². The second-order valence-corrected chi connectivity index (χ2v) is 6.59. The lowest BCUT2D eigenvalue weighted by Gasteiger charge is -2.21. The van der Waals surface area contributed by atoms with Crippen molar-refractivity contribution in [1.82, 2.24) is 10.3 Å². The predicted molar refractivity (Wildman–Crippen MR) is 96.1 cm³/mol. The van der Waals surface area contributed by atoms with Crippen LogP contribution in [-0.4, -0.2) is 38.2 Å². The van der Waals surface area contributed by atoms with Crippen molar-refractivity contribution in [2.24, 2.45) is 5.92 Å². The molecule has 5 heteroatoms. The Morgan fingerprint density at radius 1 is 1.29 bits per heavy atom. The second-order valence-electron chi connectivity index (χ2n) is 6.59. The van der Waals surface area contributed by atoms with Crippen molar-refractivity contribution in [3.05, 3.63) is 35.9 Å². The number of benzene rings is 1. The van der Waals surface area contributed by atoms with Crippen LogP contribution in [0.5, 0.6) is 0 Å². The fraction of sp³-hybridized carbons (Fsp3) is 0.474. The zero-order chi connectivity index (χ0) is 16.9. The minimum absolute atomic E-state index is 0.120. The van der Waals surface area contributed by atoms with Gasteiger partial charge in [-0.2, -0.15) is 0 Å². The molecule has 1 aromatic carbocycles. The summed E-state index contributed by atoms with van der Waals surface area (Å²) in [5.41, 5.74) is 2.06. The number of nitrogens with zero attached hydrogens (tertiary/aromatic N) is 2. The standard InChI is InChI=1S/C19H25N3O2/c1-22(2)18-12-15(16-5-3-4-6-17(16)21-18)13-20-19(23)11-14-7-9-24-10-8-14/h3-6,12,14H,7-11,13H2,1-2H3,(H,20,23). The Morgan fingerprint density at radius 2 is 2.04 bits per heavy atom. The smallest absolute Gasteiger partial charge is 0.220 e. The van der Waals surface area contributed by atoms with E-state index in [0.29, 0.717) is 18.9 Å². The van der Waals surface area contributed by atoms with E-state index in [1.807, 2.05) is 37.2 Å². The molecule has 5 nitrogen and oxygen atoms in total. The first-order chi connectivity index (χ1) is 11.6. The Balaban J connectivity index is 1.70. The highest BCUT2D eigenvalue weighted by Gasteiger charge is 2.17. The lowest BCUT2D eigenvalue weighted by Crippen LogP contribution is -2.27. The fourth-order valence-corrected chi connectivity index (χ4v) is 3.09. The van der Waals surface area contributed by atoms with Gasteiger partial charge >= 0.3 is 0 Å². The van der Waals surface area contributed by atoms with Crippen molar-refractivity contribution in [2.45, 2.75) is 25.8 Å². The van der Waals surface area contributed by atoms with Crippen LogP contribution in [0.3, 0.4) is 0 Å². The van der Waals surface area contributed by atoms with E-state index in [-0.39, 0.29) is 5.91 Å². The Morgan fingerprint density at radius 3 is 2.79 bits per heavy atom. The molecule has 1 aromatic heterocycles. The van der Waals surface area contributed by atoms with Gasteiger partial charge in [0.1, 0.15) is 5.82 Å². The molecule has 2 aromatic rings. The number of carbonyl (C=O) groups is 1. The molecule has 0 radical (unpaired) electrons. The van der Waals surface area contributed by atoms with Crippen LogP contribution in [-0.2, 0) is 16.1 Å². The van der Waals surface area contributed by atoms with Crippen LogP contribution >= 0.6 is 0 Å². The highest BCUT2D eigenvalue weighted by molar-refractivity contribution is 5.85. The Labute approximate surface area is 143 Å². The Kier molecular flexibility index (Phi) is 5.30. The van der Waals surface area contributed by atoms with Crippen LogP contribution in [0.25, 0.3) is 10.9 Å². The third kappa shape index (κ3) is 4.03. The zero-order valence-corrected chi connectivity index (χ0v) is 14.4. The maximum absolute atomic E-state index is 12.3. The quantitative estimate of drug-likeness (QED) is 0.917. The van der Waals surface area contributed by atoms with Crippen LogP contribution < -0.4 is 10.2 Å². The number of nitrogens with one attached hydrogen (secondary N) is 1. The van der Waals surface area contributed by atoms with Crippen LogP contribution in [0, 0.1) is 5.92 Å². The molecule has 2 heterocycles. The maximum Gasteiger partial charge on any atom is 0.220 e. The number of aromatic nitrogens is 1. The van der Waals surface area contributed by atoms with Crippen LogP contribution in [0.1, 0.15) is 24.8 Å². The van der Waals surface area contributed by atoms with E-state index in [2.05, 4.69) is 22.4 Å². The van der Waals surface area contributed by atoms with Crippen molar-refractivity contribution >= 4 is 22.6 Å². The number of pyridine rings is 1. The first kappa shape index (κ1) is 16.7. The molecular formula is C19H25N3O2. The van der Waals surface area contributed by atoms with E-state index in [4.69, 9.17) is 4.74 Å². The molecule has 1 N–H and O–H groups in total. The minimum atomic E-state index is 0.120. The average molecular weight is 327 g/mol. The summed E-state index contributed by atoms with van der Waals surface area (Å²) in [6, 6.07) is 10.1. The van der Waals surface area contributed by atoms with Gasteiger partial charge in [0.05, 0.1) is 5.52 Å². The number of hydrogen-bond donors (Lipinski definition) is 1. The third-order valence-corrected chi connectivity index (χ3v) is 4.54. The summed E-state index contributed by atoms with van der Waals surface area (Å²) in [5.74, 6) is 1.47. The maximum atomic E-state index is 12.3. The van der Waals surface area contributed by atoms with Crippen molar-refractivity contribution in [2.75, 3.05) is 32.2 Å². The summed E-state index contributed by atoms with van der Waals surface area (Å²) in [7, 11) is 3.95. The molecule has 1 aliphatic rings. The van der Waals surface area contributed by atoms with Crippen molar-refractivity contribution in [3.63, 3.8) is 0 Å². The SMILES string of the molecule is CN(C)c1cc(CNC(=O)CC2CCOCC2)c2ccccc2n1. The van der Waals surface area contributed by atoms with Gasteiger partial charge in [-0.15, -0.1) is 0 Å². The second kappa shape index (κ2) is 7.62. The normalized spacial score (nSPS) is 15.4.